The van der Waals surface area contributed by atoms with Crippen molar-refractivity contribution < 1.29 is 14.3 Å². The largest absolute Gasteiger partial charge is 0.491 e. The number of amides is 1. The maximum absolute atomic E-state index is 11.9. The summed E-state index contributed by atoms with van der Waals surface area (Å²) in [6.07, 6.45) is 3.32. The first kappa shape index (κ1) is 14.9. The molecule has 110 valence electrons. The molecule has 1 saturated heterocycles. The highest BCUT2D eigenvalue weighted by molar-refractivity contribution is 5.94. The van der Waals surface area contributed by atoms with Gasteiger partial charge in [-0.1, -0.05) is 6.92 Å². The third-order valence-electron chi connectivity index (χ3n) is 3.57. The van der Waals surface area contributed by atoms with Gasteiger partial charge in [-0.2, -0.15) is 0 Å². The van der Waals surface area contributed by atoms with Crippen LogP contribution in [0.25, 0.3) is 0 Å². The zero-order chi connectivity index (χ0) is 14.4. The number of ether oxygens (including phenoxy) is 2. The molecule has 20 heavy (non-hydrogen) atoms. The highest BCUT2D eigenvalue weighted by atomic mass is 16.5. The van der Waals surface area contributed by atoms with E-state index in [2.05, 4.69) is 5.32 Å². The predicted molar refractivity (Wildman–Crippen MR) is 78.1 cm³/mol. The lowest BCUT2D eigenvalue weighted by molar-refractivity contribution is 0.0679. The Morgan fingerprint density at radius 2 is 2.20 bits per heavy atom. The summed E-state index contributed by atoms with van der Waals surface area (Å²) in [5.74, 6) is 0.741. The van der Waals surface area contributed by atoms with E-state index in [0.29, 0.717) is 12.2 Å². The van der Waals surface area contributed by atoms with Crippen LogP contribution in [-0.4, -0.2) is 31.3 Å². The molecule has 2 atom stereocenters. The molecule has 1 aromatic carbocycles. The Morgan fingerprint density at radius 3 is 2.80 bits per heavy atom. The van der Waals surface area contributed by atoms with Crippen LogP contribution in [0.2, 0.25) is 0 Å². The fourth-order valence-corrected chi connectivity index (χ4v) is 2.08. The molecule has 1 fully saturated rings. The molecule has 1 aliphatic heterocycles. The summed E-state index contributed by atoms with van der Waals surface area (Å²) in [6, 6.07) is 7.45. The number of rotatable bonds is 6. The molecule has 1 N–H and O–H groups in total. The lowest BCUT2D eigenvalue weighted by atomic mass is 10.2. The van der Waals surface area contributed by atoms with Gasteiger partial charge >= 0.3 is 0 Å². The van der Waals surface area contributed by atoms with Crippen molar-refractivity contribution in [1.82, 2.24) is 5.32 Å². The molecule has 2 unspecified atom stereocenters. The van der Waals surface area contributed by atoms with Crippen LogP contribution in [-0.2, 0) is 4.74 Å². The van der Waals surface area contributed by atoms with Gasteiger partial charge in [-0.25, -0.2) is 0 Å². The summed E-state index contributed by atoms with van der Waals surface area (Å²) in [5.41, 5.74) is 0.662. The number of nitrogens with one attached hydrogen (secondary N) is 1. The van der Waals surface area contributed by atoms with Crippen molar-refractivity contribution in [3.05, 3.63) is 29.8 Å². The zero-order valence-electron chi connectivity index (χ0n) is 12.2. The lowest BCUT2D eigenvalue weighted by Crippen LogP contribution is -2.31. The first-order valence-corrected chi connectivity index (χ1v) is 7.34. The van der Waals surface area contributed by atoms with E-state index >= 15 is 0 Å². The van der Waals surface area contributed by atoms with E-state index in [-0.39, 0.29) is 18.1 Å². The lowest BCUT2D eigenvalue weighted by Gasteiger charge is -2.13. The molecule has 0 saturated carbocycles. The van der Waals surface area contributed by atoms with Crippen LogP contribution in [0, 0.1) is 0 Å². The summed E-state index contributed by atoms with van der Waals surface area (Å²) in [7, 11) is 0. The maximum Gasteiger partial charge on any atom is 0.251 e. The van der Waals surface area contributed by atoms with Crippen molar-refractivity contribution in [2.45, 2.75) is 45.3 Å². The SMILES string of the molecule is CCC(C)NC(=O)c1ccc(OCC2CCCO2)cc1. The highest BCUT2D eigenvalue weighted by Gasteiger charge is 2.16. The monoisotopic (exact) mass is 277 g/mol. The van der Waals surface area contributed by atoms with Gasteiger partial charge < -0.3 is 14.8 Å². The zero-order valence-corrected chi connectivity index (χ0v) is 12.2. The predicted octanol–water partition coefficient (Wildman–Crippen LogP) is 2.77. The third kappa shape index (κ3) is 4.23. The molecule has 4 nitrogen and oxygen atoms in total. The summed E-state index contributed by atoms with van der Waals surface area (Å²) in [5, 5.41) is 2.94. The molecular formula is C16H23NO3. The third-order valence-corrected chi connectivity index (χ3v) is 3.57. The molecular weight excluding hydrogens is 254 g/mol. The quantitative estimate of drug-likeness (QED) is 0.869. The van der Waals surface area contributed by atoms with Crippen molar-refractivity contribution >= 4 is 5.91 Å². The Kier molecular flexibility index (Phi) is 5.41. The molecule has 1 amide bonds. The smallest absolute Gasteiger partial charge is 0.251 e. The van der Waals surface area contributed by atoms with Gasteiger partial charge in [0.1, 0.15) is 12.4 Å². The van der Waals surface area contributed by atoms with E-state index in [1.165, 1.54) is 0 Å². The van der Waals surface area contributed by atoms with E-state index in [4.69, 9.17) is 9.47 Å². The number of carbonyl (C=O) groups is 1. The van der Waals surface area contributed by atoms with Gasteiger partial charge in [0, 0.05) is 18.2 Å². The molecule has 0 bridgehead atoms. The first-order valence-electron chi connectivity index (χ1n) is 7.34. The van der Waals surface area contributed by atoms with Gasteiger partial charge in [0.15, 0.2) is 0 Å². The van der Waals surface area contributed by atoms with E-state index in [1.807, 2.05) is 26.0 Å². The molecule has 0 aliphatic carbocycles. The van der Waals surface area contributed by atoms with E-state index in [9.17, 15) is 4.79 Å². The number of benzene rings is 1. The van der Waals surface area contributed by atoms with Crippen molar-refractivity contribution in [2.24, 2.45) is 0 Å². The minimum absolute atomic E-state index is 0.0370. The van der Waals surface area contributed by atoms with Crippen molar-refractivity contribution in [3.63, 3.8) is 0 Å². The minimum atomic E-state index is -0.0370. The fraction of sp³-hybridized carbons (Fsp3) is 0.562. The second-order valence-corrected chi connectivity index (χ2v) is 5.25. The Labute approximate surface area is 120 Å². The van der Waals surface area contributed by atoms with Crippen LogP contribution in [0.3, 0.4) is 0 Å². The summed E-state index contributed by atoms with van der Waals surface area (Å²) < 4.78 is 11.2. The van der Waals surface area contributed by atoms with Crippen LogP contribution in [0.15, 0.2) is 24.3 Å². The van der Waals surface area contributed by atoms with Crippen LogP contribution in [0.1, 0.15) is 43.5 Å². The van der Waals surface area contributed by atoms with Crippen LogP contribution in [0.5, 0.6) is 5.75 Å². The molecule has 4 heteroatoms. The van der Waals surface area contributed by atoms with Gasteiger partial charge in [0.05, 0.1) is 6.10 Å². The van der Waals surface area contributed by atoms with Crippen molar-refractivity contribution in [2.75, 3.05) is 13.2 Å². The maximum atomic E-state index is 11.9. The minimum Gasteiger partial charge on any atom is -0.491 e. The van der Waals surface area contributed by atoms with Gasteiger partial charge in [-0.05, 0) is 50.5 Å². The Balaban J connectivity index is 1.84. The number of hydrogen-bond donors (Lipinski definition) is 1. The van der Waals surface area contributed by atoms with Crippen molar-refractivity contribution in [1.29, 1.82) is 0 Å². The molecule has 0 aromatic heterocycles. The summed E-state index contributed by atoms with van der Waals surface area (Å²) in [4.78, 5) is 11.9. The van der Waals surface area contributed by atoms with E-state index in [1.54, 1.807) is 12.1 Å². The van der Waals surface area contributed by atoms with Gasteiger partial charge in [0.2, 0.25) is 0 Å². The average molecular weight is 277 g/mol. The second-order valence-electron chi connectivity index (χ2n) is 5.25. The Hall–Kier alpha value is -1.55. The van der Waals surface area contributed by atoms with Crippen molar-refractivity contribution in [3.8, 4) is 5.75 Å². The Bertz CT molecular complexity index is 424. The number of carbonyl (C=O) groups excluding carboxylic acids is 1. The standard InChI is InChI=1S/C16H23NO3/c1-3-12(2)17-16(18)13-6-8-14(9-7-13)20-11-15-5-4-10-19-15/h6-9,12,15H,3-5,10-11H2,1-2H3,(H,17,18). The highest BCUT2D eigenvalue weighted by Crippen LogP contribution is 2.16. The molecule has 1 heterocycles. The second kappa shape index (κ2) is 7.29. The van der Waals surface area contributed by atoms with Crippen LogP contribution in [0.4, 0.5) is 0 Å². The summed E-state index contributed by atoms with van der Waals surface area (Å²) in [6.45, 7) is 5.46. The fourth-order valence-electron chi connectivity index (χ4n) is 2.08. The van der Waals surface area contributed by atoms with Gasteiger partial charge in [0.25, 0.3) is 5.91 Å². The molecule has 1 aromatic rings. The van der Waals surface area contributed by atoms with E-state index in [0.717, 1.165) is 31.6 Å². The average Bonchev–Trinajstić information content (AvgIpc) is 2.98. The molecule has 0 spiro atoms. The number of hydrogen-bond acceptors (Lipinski definition) is 3. The molecule has 1 aliphatic rings. The van der Waals surface area contributed by atoms with Gasteiger partial charge in [-0.3, -0.25) is 4.79 Å². The summed E-state index contributed by atoms with van der Waals surface area (Å²) >= 11 is 0. The van der Waals surface area contributed by atoms with Crippen LogP contribution < -0.4 is 10.1 Å². The normalized spacial score (nSPS) is 19.6. The first-order chi connectivity index (χ1) is 9.69. The van der Waals surface area contributed by atoms with Gasteiger partial charge in [-0.15, -0.1) is 0 Å². The Morgan fingerprint density at radius 1 is 1.45 bits per heavy atom. The van der Waals surface area contributed by atoms with E-state index < -0.39 is 0 Å². The van der Waals surface area contributed by atoms with Crippen LogP contribution >= 0.6 is 0 Å². The molecule has 2 rings (SSSR count). The molecule has 0 radical (unpaired) electrons. The topological polar surface area (TPSA) is 47.6 Å².